The summed E-state index contributed by atoms with van der Waals surface area (Å²) in [6.07, 6.45) is 9.53. The lowest BCUT2D eigenvalue weighted by atomic mass is 9.82. The van der Waals surface area contributed by atoms with Gasteiger partial charge in [-0.3, -0.25) is 29.8 Å². The van der Waals surface area contributed by atoms with E-state index in [1.807, 2.05) is 10.6 Å². The quantitative estimate of drug-likeness (QED) is 0.292. The maximum absolute atomic E-state index is 11.8. The molecule has 0 spiro atoms. The highest BCUT2D eigenvalue weighted by Gasteiger charge is 2.48. The van der Waals surface area contributed by atoms with Crippen LogP contribution >= 0.6 is 0 Å². The van der Waals surface area contributed by atoms with Crippen LogP contribution in [0.4, 0.5) is 19.2 Å². The Morgan fingerprint density at radius 3 is 1.15 bits per heavy atom. The first-order valence-corrected chi connectivity index (χ1v) is 16.0. The molecular weight excluding hydrogens is 620 g/mol. The SMILES string of the molecule is C1CC2C3CCC(C3)C2C1.C=C(C)C(=O)NC(=O)N(C(=O)NCC)C(=O)C(=C)C.C=C(C)C(=O)NC(=O)N(C(=O)NCC)C(=O)C(=C)C. The van der Waals surface area contributed by atoms with E-state index in [0.29, 0.717) is 0 Å². The topological polar surface area (TPSA) is 191 Å². The van der Waals surface area contributed by atoms with Crippen molar-refractivity contribution in [3.05, 3.63) is 48.6 Å². The van der Waals surface area contributed by atoms with Crippen molar-refractivity contribution < 1.29 is 38.4 Å². The molecule has 3 aliphatic carbocycles. The number of hydrogen-bond donors (Lipinski definition) is 4. The highest BCUT2D eigenvalue weighted by molar-refractivity contribution is 6.19. The number of hydrogen-bond acceptors (Lipinski definition) is 8. The summed E-state index contributed by atoms with van der Waals surface area (Å²) in [5.41, 5.74) is 0.132. The molecule has 3 aliphatic rings. The summed E-state index contributed by atoms with van der Waals surface area (Å²) in [6, 6.07) is -4.15. The molecule has 3 saturated carbocycles. The number of carbonyl (C=O) groups excluding carboxylic acids is 8. The number of rotatable bonds is 6. The summed E-state index contributed by atoms with van der Waals surface area (Å²) in [7, 11) is 0. The first-order chi connectivity index (χ1) is 22.4. The highest BCUT2D eigenvalue weighted by atomic mass is 16.2. The van der Waals surface area contributed by atoms with Crippen molar-refractivity contribution in [1.82, 2.24) is 31.1 Å². The average molecular weight is 671 g/mol. The molecule has 2 bridgehead atoms. The molecule has 4 atom stereocenters. The first-order valence-electron chi connectivity index (χ1n) is 16.0. The molecule has 3 fully saturated rings. The lowest BCUT2D eigenvalue weighted by Crippen LogP contribution is -2.53. The van der Waals surface area contributed by atoms with Crippen LogP contribution in [-0.2, 0) is 19.2 Å². The van der Waals surface area contributed by atoms with E-state index in [0.717, 1.165) is 0 Å². The molecule has 0 aliphatic heterocycles. The number of nitrogens with zero attached hydrogens (tertiary/aromatic N) is 2. The Morgan fingerprint density at radius 2 is 0.875 bits per heavy atom. The first kappa shape index (κ1) is 41.1. The molecule has 48 heavy (non-hydrogen) atoms. The minimum absolute atomic E-state index is 0.0100. The number of urea groups is 4. The average Bonchev–Trinajstić information content (AvgIpc) is 3.74. The fraction of sp³-hybridized carbons (Fsp3) is 0.529. The number of amides is 12. The third kappa shape index (κ3) is 11.4. The van der Waals surface area contributed by atoms with E-state index in [9.17, 15) is 38.4 Å². The lowest BCUT2D eigenvalue weighted by Gasteiger charge is -2.23. The molecular formula is C34H50N6O8. The molecule has 0 radical (unpaired) electrons. The minimum atomic E-state index is -1.15. The second kappa shape index (κ2) is 19.1. The Labute approximate surface area is 282 Å². The summed E-state index contributed by atoms with van der Waals surface area (Å²) in [5.74, 6) is 1.48. The number of nitrogens with one attached hydrogen (secondary N) is 4. The smallest absolute Gasteiger partial charge is 0.337 e. The molecule has 0 aromatic heterocycles. The molecule has 4 N–H and O–H groups in total. The van der Waals surface area contributed by atoms with E-state index < -0.39 is 47.8 Å². The van der Waals surface area contributed by atoms with Gasteiger partial charge in [-0.1, -0.05) is 32.7 Å². The van der Waals surface area contributed by atoms with Crippen LogP contribution in [0.2, 0.25) is 0 Å². The fourth-order valence-electron chi connectivity index (χ4n) is 5.93. The van der Waals surface area contributed by atoms with Gasteiger partial charge >= 0.3 is 24.1 Å². The second-order valence-corrected chi connectivity index (χ2v) is 12.2. The summed E-state index contributed by atoms with van der Waals surface area (Å²) < 4.78 is 0. The molecule has 4 unspecified atom stereocenters. The predicted molar refractivity (Wildman–Crippen MR) is 180 cm³/mol. The Hall–Kier alpha value is -4.88. The maximum atomic E-state index is 11.8. The summed E-state index contributed by atoms with van der Waals surface area (Å²) in [6.45, 7) is 22.6. The van der Waals surface area contributed by atoms with Crippen molar-refractivity contribution in [3.63, 3.8) is 0 Å². The van der Waals surface area contributed by atoms with Gasteiger partial charge in [0.15, 0.2) is 0 Å². The monoisotopic (exact) mass is 670 g/mol. The zero-order chi connectivity index (χ0) is 36.9. The van der Waals surface area contributed by atoms with E-state index in [4.69, 9.17) is 0 Å². The van der Waals surface area contributed by atoms with Gasteiger partial charge in [-0.05, 0) is 97.3 Å². The van der Waals surface area contributed by atoms with E-state index in [1.165, 1.54) is 51.4 Å². The standard InChI is InChI=1S/2C12H17N3O4.C10H16/c2*1-6-13-11(18)15(10(17)8(4)5)12(19)14-9(16)7(2)3;1-2-9-7-4-5-8(6-7)10(9)3-1/h2*2,4,6H2,1,3,5H3,(H,13,18)(H,14,16,19);7-10H,1-6H2. The van der Waals surface area contributed by atoms with Crippen LogP contribution < -0.4 is 21.3 Å². The lowest BCUT2D eigenvalue weighted by molar-refractivity contribution is -0.123. The molecule has 12 amide bonds. The fourth-order valence-corrected chi connectivity index (χ4v) is 5.93. The van der Waals surface area contributed by atoms with Crippen LogP contribution in [0.25, 0.3) is 0 Å². The van der Waals surface area contributed by atoms with Gasteiger partial charge in [0.05, 0.1) is 0 Å². The normalized spacial score (nSPS) is 19.3. The zero-order valence-electron chi connectivity index (χ0n) is 29.0. The second-order valence-electron chi connectivity index (χ2n) is 12.2. The largest absolute Gasteiger partial charge is 0.339 e. The number of fused-ring (bicyclic) bond motifs is 5. The van der Waals surface area contributed by atoms with Crippen molar-refractivity contribution in [2.75, 3.05) is 13.1 Å². The Kier molecular flexibility index (Phi) is 16.3. The molecule has 264 valence electrons. The van der Waals surface area contributed by atoms with Crippen molar-refractivity contribution in [3.8, 4) is 0 Å². The highest BCUT2D eigenvalue weighted by Crippen LogP contribution is 2.58. The van der Waals surface area contributed by atoms with Gasteiger partial charge < -0.3 is 10.6 Å². The van der Waals surface area contributed by atoms with E-state index >= 15 is 0 Å². The molecule has 14 nitrogen and oxygen atoms in total. The Bertz CT molecular complexity index is 1270. The van der Waals surface area contributed by atoms with E-state index in [2.05, 4.69) is 36.9 Å². The van der Waals surface area contributed by atoms with Crippen LogP contribution in [0.15, 0.2) is 48.6 Å². The van der Waals surface area contributed by atoms with Gasteiger partial charge in [-0.2, -0.15) is 9.80 Å². The summed E-state index contributed by atoms with van der Waals surface area (Å²) >= 11 is 0. The van der Waals surface area contributed by atoms with Crippen molar-refractivity contribution in [2.24, 2.45) is 23.7 Å². The van der Waals surface area contributed by atoms with Gasteiger partial charge in [0.1, 0.15) is 0 Å². The molecule has 0 heterocycles. The van der Waals surface area contributed by atoms with Crippen molar-refractivity contribution >= 4 is 47.8 Å². The van der Waals surface area contributed by atoms with Crippen LogP contribution in [0.5, 0.6) is 0 Å². The minimum Gasteiger partial charge on any atom is -0.337 e. The third-order valence-electron chi connectivity index (χ3n) is 8.17. The van der Waals surface area contributed by atoms with Crippen LogP contribution in [0.1, 0.15) is 80.1 Å². The molecule has 0 saturated heterocycles. The van der Waals surface area contributed by atoms with Gasteiger partial charge in [0.25, 0.3) is 23.6 Å². The Morgan fingerprint density at radius 1 is 0.542 bits per heavy atom. The number of imide groups is 8. The van der Waals surface area contributed by atoms with Gasteiger partial charge in [-0.15, -0.1) is 0 Å². The molecule has 14 heteroatoms. The van der Waals surface area contributed by atoms with E-state index in [1.54, 1.807) is 52.4 Å². The van der Waals surface area contributed by atoms with Crippen LogP contribution in [0.3, 0.4) is 0 Å². The molecule has 0 aromatic rings. The number of carbonyl (C=O) groups is 8. The summed E-state index contributed by atoms with van der Waals surface area (Å²) in [5, 5.41) is 8.35. The van der Waals surface area contributed by atoms with Crippen molar-refractivity contribution in [1.29, 1.82) is 0 Å². The van der Waals surface area contributed by atoms with Crippen LogP contribution in [0, 0.1) is 23.7 Å². The van der Waals surface area contributed by atoms with E-state index in [-0.39, 0.29) is 45.2 Å². The zero-order valence-corrected chi connectivity index (χ0v) is 29.0. The molecule has 3 rings (SSSR count). The third-order valence-corrected chi connectivity index (χ3v) is 8.17. The van der Waals surface area contributed by atoms with Gasteiger partial charge in [-0.25, -0.2) is 19.2 Å². The maximum Gasteiger partial charge on any atom is 0.339 e. The van der Waals surface area contributed by atoms with Crippen LogP contribution in [-0.4, -0.2) is 70.6 Å². The van der Waals surface area contributed by atoms with Crippen molar-refractivity contribution in [2.45, 2.75) is 80.1 Å². The van der Waals surface area contributed by atoms with Gasteiger partial charge in [0.2, 0.25) is 0 Å². The Balaban J connectivity index is 0.000000374. The molecule has 0 aromatic carbocycles. The van der Waals surface area contributed by atoms with Gasteiger partial charge in [0, 0.05) is 35.4 Å². The summed E-state index contributed by atoms with van der Waals surface area (Å²) in [4.78, 5) is 93.4. The predicted octanol–water partition coefficient (Wildman–Crippen LogP) is 4.70.